The van der Waals surface area contributed by atoms with Crippen molar-refractivity contribution >= 4 is 21.6 Å². The Kier molecular flexibility index (Phi) is 4.31. The van der Waals surface area contributed by atoms with E-state index in [1.54, 1.807) is 6.07 Å². The summed E-state index contributed by atoms with van der Waals surface area (Å²) in [6, 6.07) is 5.86. The Labute approximate surface area is 121 Å². The molecule has 0 atom stereocenters. The van der Waals surface area contributed by atoms with E-state index in [2.05, 4.69) is 15.6 Å². The van der Waals surface area contributed by atoms with Gasteiger partial charge in [-0.25, -0.2) is 18.2 Å². The zero-order valence-corrected chi connectivity index (χ0v) is 11.7. The fourth-order valence-corrected chi connectivity index (χ4v) is 2.36. The molecule has 0 spiro atoms. The summed E-state index contributed by atoms with van der Waals surface area (Å²) in [4.78, 5) is 11.7. The van der Waals surface area contributed by atoms with Gasteiger partial charge in [-0.15, -0.1) is 5.10 Å². The van der Waals surface area contributed by atoms with E-state index in [0.29, 0.717) is 5.69 Å². The highest BCUT2D eigenvalue weighted by Gasteiger charge is 2.15. The van der Waals surface area contributed by atoms with Crippen molar-refractivity contribution in [2.75, 3.05) is 5.32 Å². The third-order valence-corrected chi connectivity index (χ3v) is 3.54. The molecule has 0 unspecified atom stereocenters. The van der Waals surface area contributed by atoms with Crippen LogP contribution in [0.3, 0.4) is 0 Å². The van der Waals surface area contributed by atoms with Crippen molar-refractivity contribution in [2.45, 2.75) is 18.0 Å². The van der Waals surface area contributed by atoms with Gasteiger partial charge >= 0.3 is 0 Å². The molecule has 21 heavy (non-hydrogen) atoms. The van der Waals surface area contributed by atoms with Crippen LogP contribution in [0, 0.1) is 0 Å². The van der Waals surface area contributed by atoms with E-state index in [-0.39, 0.29) is 23.7 Å². The number of hydrogen-bond donors (Lipinski definition) is 3. The normalized spacial score (nSPS) is 11.3. The van der Waals surface area contributed by atoms with Crippen LogP contribution < -0.4 is 16.2 Å². The lowest BCUT2D eigenvalue weighted by Gasteiger charge is -2.09. The largest absolute Gasteiger partial charge is 0.325 e. The van der Waals surface area contributed by atoms with Crippen LogP contribution in [-0.4, -0.2) is 29.3 Å². The summed E-state index contributed by atoms with van der Waals surface area (Å²) in [7, 11) is -3.92. The Morgan fingerprint density at radius 2 is 2.05 bits per heavy atom. The molecule has 9 nitrogen and oxygen atoms in total. The van der Waals surface area contributed by atoms with Crippen LogP contribution in [0.1, 0.15) is 5.69 Å². The second-order valence-electron chi connectivity index (χ2n) is 4.20. The quantitative estimate of drug-likeness (QED) is 0.647. The lowest BCUT2D eigenvalue weighted by atomic mass is 10.3. The Hall–Kier alpha value is -2.30. The fraction of sp³-hybridized carbons (Fsp3) is 0.182. The van der Waals surface area contributed by atoms with E-state index in [0.717, 1.165) is 0 Å². The maximum absolute atomic E-state index is 11.9. The Morgan fingerprint density at radius 1 is 1.33 bits per heavy atom. The average molecular weight is 310 g/mol. The van der Waals surface area contributed by atoms with Gasteiger partial charge in [0.2, 0.25) is 15.9 Å². The third-order valence-electron chi connectivity index (χ3n) is 2.57. The molecule has 1 aromatic carbocycles. The predicted molar refractivity (Wildman–Crippen MR) is 74.4 cm³/mol. The van der Waals surface area contributed by atoms with Crippen molar-refractivity contribution in [1.29, 1.82) is 0 Å². The Balaban J connectivity index is 2.13. The van der Waals surface area contributed by atoms with Crippen LogP contribution in [0.5, 0.6) is 0 Å². The maximum Gasteiger partial charge on any atom is 0.246 e. The summed E-state index contributed by atoms with van der Waals surface area (Å²) < 4.78 is 24.1. The predicted octanol–water partition coefficient (Wildman–Crippen LogP) is -0.977. The molecule has 0 aliphatic heterocycles. The molecular weight excluding hydrogens is 296 g/mol. The molecule has 1 heterocycles. The number of rotatable bonds is 5. The molecule has 2 rings (SSSR count). The first-order valence-electron chi connectivity index (χ1n) is 5.91. The van der Waals surface area contributed by atoms with Gasteiger partial charge in [0.15, 0.2) is 0 Å². The highest BCUT2D eigenvalue weighted by molar-refractivity contribution is 7.89. The summed E-state index contributed by atoms with van der Waals surface area (Å²) in [5, 5.41) is 15.0. The highest BCUT2D eigenvalue weighted by atomic mass is 32.2. The molecule has 0 radical (unpaired) electrons. The van der Waals surface area contributed by atoms with E-state index < -0.39 is 15.9 Å². The topological polar surface area (TPSA) is 146 Å². The molecule has 0 aliphatic carbocycles. The number of nitrogens with one attached hydrogen (secondary N) is 1. The standard InChI is InChI=1S/C11H14N6O3S/c12-5-8-6-17(16-15-8)7-11(18)14-9-3-1-2-4-10(9)21(13,19)20/h1-4,6H,5,7,12H2,(H,14,18)(H2,13,19,20). The van der Waals surface area contributed by atoms with E-state index in [1.807, 2.05) is 0 Å². The number of amides is 1. The molecule has 112 valence electrons. The van der Waals surface area contributed by atoms with Gasteiger partial charge in [-0.1, -0.05) is 17.3 Å². The van der Waals surface area contributed by atoms with Crippen LogP contribution in [0.4, 0.5) is 5.69 Å². The minimum atomic E-state index is -3.92. The molecule has 0 aliphatic rings. The first-order chi connectivity index (χ1) is 9.90. The lowest BCUT2D eigenvalue weighted by molar-refractivity contribution is -0.116. The number of nitrogens with zero attached hydrogens (tertiary/aromatic N) is 3. The number of sulfonamides is 1. The van der Waals surface area contributed by atoms with Gasteiger partial charge in [0.05, 0.1) is 17.6 Å². The lowest BCUT2D eigenvalue weighted by Crippen LogP contribution is -2.22. The Bertz CT molecular complexity index is 755. The number of aromatic nitrogens is 3. The number of hydrogen-bond acceptors (Lipinski definition) is 6. The van der Waals surface area contributed by atoms with Crippen molar-refractivity contribution in [3.63, 3.8) is 0 Å². The summed E-state index contributed by atoms with van der Waals surface area (Å²) in [6.45, 7) is 0.0990. The molecule has 1 amide bonds. The highest BCUT2D eigenvalue weighted by Crippen LogP contribution is 2.19. The molecule has 0 saturated heterocycles. The van der Waals surface area contributed by atoms with Crippen LogP contribution >= 0.6 is 0 Å². The first-order valence-corrected chi connectivity index (χ1v) is 7.45. The smallest absolute Gasteiger partial charge is 0.246 e. The van der Waals surface area contributed by atoms with Gasteiger partial charge in [0.25, 0.3) is 0 Å². The Morgan fingerprint density at radius 3 is 2.67 bits per heavy atom. The molecule has 0 fully saturated rings. The van der Waals surface area contributed by atoms with Gasteiger partial charge in [-0.3, -0.25) is 4.79 Å². The van der Waals surface area contributed by atoms with Crippen LogP contribution in [0.2, 0.25) is 0 Å². The minimum absolute atomic E-state index is 0.115. The molecule has 0 bridgehead atoms. The monoisotopic (exact) mass is 310 g/mol. The van der Waals surface area contributed by atoms with Crippen LogP contribution in [0.25, 0.3) is 0 Å². The number of anilines is 1. The average Bonchev–Trinajstić information content (AvgIpc) is 2.85. The van der Waals surface area contributed by atoms with Gasteiger partial charge < -0.3 is 11.1 Å². The van der Waals surface area contributed by atoms with Crippen LogP contribution in [0.15, 0.2) is 35.4 Å². The van der Waals surface area contributed by atoms with Gasteiger partial charge in [-0.2, -0.15) is 0 Å². The molecular formula is C11H14N6O3S. The van der Waals surface area contributed by atoms with E-state index in [9.17, 15) is 13.2 Å². The second-order valence-corrected chi connectivity index (χ2v) is 5.73. The zero-order valence-electron chi connectivity index (χ0n) is 10.9. The number of benzene rings is 1. The number of nitrogens with two attached hydrogens (primary N) is 2. The van der Waals surface area contributed by atoms with E-state index in [4.69, 9.17) is 10.9 Å². The van der Waals surface area contributed by atoms with Crippen molar-refractivity contribution in [1.82, 2.24) is 15.0 Å². The number of carbonyl (C=O) groups excluding carboxylic acids is 1. The van der Waals surface area contributed by atoms with Crippen molar-refractivity contribution in [3.05, 3.63) is 36.2 Å². The molecule has 1 aromatic heterocycles. The number of para-hydroxylation sites is 1. The zero-order chi connectivity index (χ0) is 15.5. The summed E-state index contributed by atoms with van der Waals surface area (Å²) in [5.41, 5.74) is 6.05. The number of carbonyl (C=O) groups is 1. The summed E-state index contributed by atoms with van der Waals surface area (Å²) in [6.07, 6.45) is 1.53. The van der Waals surface area contributed by atoms with Crippen molar-refractivity contribution in [2.24, 2.45) is 10.9 Å². The third kappa shape index (κ3) is 3.84. The van der Waals surface area contributed by atoms with Crippen molar-refractivity contribution < 1.29 is 13.2 Å². The fourth-order valence-electron chi connectivity index (χ4n) is 1.66. The molecule has 5 N–H and O–H groups in total. The maximum atomic E-state index is 11.9. The van der Waals surface area contributed by atoms with Gasteiger partial charge in [-0.05, 0) is 12.1 Å². The van der Waals surface area contributed by atoms with E-state index in [1.165, 1.54) is 29.1 Å². The first kappa shape index (κ1) is 15.1. The van der Waals surface area contributed by atoms with Crippen LogP contribution in [-0.2, 0) is 27.9 Å². The molecule has 10 heteroatoms. The van der Waals surface area contributed by atoms with E-state index >= 15 is 0 Å². The molecule has 2 aromatic rings. The van der Waals surface area contributed by atoms with Gasteiger partial charge in [0.1, 0.15) is 11.4 Å². The molecule has 0 saturated carbocycles. The summed E-state index contributed by atoms with van der Waals surface area (Å²) >= 11 is 0. The number of primary sulfonamides is 1. The van der Waals surface area contributed by atoms with Gasteiger partial charge in [0, 0.05) is 6.54 Å². The SMILES string of the molecule is NCc1cn(CC(=O)Nc2ccccc2S(N)(=O)=O)nn1. The minimum Gasteiger partial charge on any atom is -0.325 e. The van der Waals surface area contributed by atoms with Crippen molar-refractivity contribution in [3.8, 4) is 0 Å². The summed E-state index contributed by atoms with van der Waals surface area (Å²) in [5.74, 6) is -0.459. The second kappa shape index (κ2) is 5.99.